The molecular weight excluding hydrogens is 174 g/mol. The summed E-state index contributed by atoms with van der Waals surface area (Å²) in [5, 5.41) is 0. The third-order valence-electron chi connectivity index (χ3n) is 3.72. The van der Waals surface area contributed by atoms with Crippen molar-refractivity contribution in [2.45, 2.75) is 52.9 Å². The maximum absolute atomic E-state index is 12.2. The number of amides is 1. The van der Waals surface area contributed by atoms with Crippen molar-refractivity contribution in [1.29, 1.82) is 0 Å². The molecule has 0 aliphatic carbocycles. The van der Waals surface area contributed by atoms with Crippen molar-refractivity contribution in [3.8, 4) is 0 Å². The summed E-state index contributed by atoms with van der Waals surface area (Å²) in [5.74, 6) is 0.377. The standard InChI is InChI=1S/C12H23NO/c1-4-12(3,5-2)11(14)13-9-7-6-8-10-13/h4-10H2,1-3H3. The second-order valence-corrected chi connectivity index (χ2v) is 4.62. The molecular formula is C12H23NO. The van der Waals surface area contributed by atoms with Crippen LogP contribution in [0.1, 0.15) is 52.9 Å². The predicted octanol–water partition coefficient (Wildman–Crippen LogP) is 2.83. The third-order valence-corrected chi connectivity index (χ3v) is 3.72. The zero-order valence-corrected chi connectivity index (χ0v) is 9.81. The highest BCUT2D eigenvalue weighted by Crippen LogP contribution is 2.29. The molecule has 1 aliphatic rings. The highest BCUT2D eigenvalue weighted by atomic mass is 16.2. The van der Waals surface area contributed by atoms with Crippen LogP contribution in [-0.2, 0) is 4.79 Å². The third kappa shape index (κ3) is 2.28. The van der Waals surface area contributed by atoms with Gasteiger partial charge in [-0.25, -0.2) is 0 Å². The number of piperidine rings is 1. The first kappa shape index (κ1) is 11.5. The maximum atomic E-state index is 12.2. The zero-order chi connectivity index (χ0) is 10.6. The summed E-state index contributed by atoms with van der Waals surface area (Å²) >= 11 is 0. The van der Waals surface area contributed by atoms with E-state index in [0.29, 0.717) is 5.91 Å². The van der Waals surface area contributed by atoms with E-state index in [1.807, 2.05) is 0 Å². The molecule has 0 radical (unpaired) electrons. The Morgan fingerprint density at radius 1 is 1.14 bits per heavy atom. The van der Waals surface area contributed by atoms with Crippen molar-refractivity contribution in [2.24, 2.45) is 5.41 Å². The summed E-state index contributed by atoms with van der Waals surface area (Å²) in [4.78, 5) is 14.3. The van der Waals surface area contributed by atoms with Crippen molar-refractivity contribution in [2.75, 3.05) is 13.1 Å². The molecule has 14 heavy (non-hydrogen) atoms. The van der Waals surface area contributed by atoms with Gasteiger partial charge in [-0.3, -0.25) is 4.79 Å². The lowest BCUT2D eigenvalue weighted by molar-refractivity contribution is -0.142. The molecule has 0 bridgehead atoms. The van der Waals surface area contributed by atoms with Gasteiger partial charge < -0.3 is 4.90 Å². The van der Waals surface area contributed by atoms with E-state index in [9.17, 15) is 4.79 Å². The van der Waals surface area contributed by atoms with Crippen LogP contribution in [0.15, 0.2) is 0 Å². The molecule has 1 aliphatic heterocycles. The molecule has 1 rings (SSSR count). The van der Waals surface area contributed by atoms with Crippen LogP contribution in [0.25, 0.3) is 0 Å². The number of nitrogens with zero attached hydrogens (tertiary/aromatic N) is 1. The first-order valence-corrected chi connectivity index (χ1v) is 5.93. The lowest BCUT2D eigenvalue weighted by atomic mass is 9.83. The Morgan fingerprint density at radius 2 is 1.64 bits per heavy atom. The first-order valence-electron chi connectivity index (χ1n) is 5.93. The Labute approximate surface area is 87.7 Å². The molecule has 0 spiro atoms. The van der Waals surface area contributed by atoms with E-state index in [1.165, 1.54) is 19.3 Å². The van der Waals surface area contributed by atoms with Gasteiger partial charge in [0.25, 0.3) is 0 Å². The summed E-state index contributed by atoms with van der Waals surface area (Å²) in [7, 11) is 0. The minimum Gasteiger partial charge on any atom is -0.342 e. The molecule has 0 aromatic carbocycles. The van der Waals surface area contributed by atoms with E-state index < -0.39 is 0 Å². The Balaban J connectivity index is 2.61. The van der Waals surface area contributed by atoms with Crippen LogP contribution < -0.4 is 0 Å². The molecule has 0 unspecified atom stereocenters. The Hall–Kier alpha value is -0.530. The molecule has 82 valence electrons. The van der Waals surface area contributed by atoms with Crippen LogP contribution in [0.5, 0.6) is 0 Å². The average molecular weight is 197 g/mol. The Morgan fingerprint density at radius 3 is 2.07 bits per heavy atom. The second-order valence-electron chi connectivity index (χ2n) is 4.62. The fraction of sp³-hybridized carbons (Fsp3) is 0.917. The summed E-state index contributed by atoms with van der Waals surface area (Å²) in [6.45, 7) is 8.30. The molecule has 0 atom stereocenters. The maximum Gasteiger partial charge on any atom is 0.228 e. The summed E-state index contributed by atoms with van der Waals surface area (Å²) < 4.78 is 0. The fourth-order valence-electron chi connectivity index (χ4n) is 2.03. The molecule has 0 saturated carbocycles. The fourth-order valence-corrected chi connectivity index (χ4v) is 2.03. The smallest absolute Gasteiger partial charge is 0.228 e. The van der Waals surface area contributed by atoms with Gasteiger partial charge in [-0.2, -0.15) is 0 Å². The van der Waals surface area contributed by atoms with Gasteiger partial charge >= 0.3 is 0 Å². The van der Waals surface area contributed by atoms with E-state index in [4.69, 9.17) is 0 Å². The van der Waals surface area contributed by atoms with Crippen LogP contribution >= 0.6 is 0 Å². The SMILES string of the molecule is CCC(C)(CC)C(=O)N1CCCCC1. The van der Waals surface area contributed by atoms with Gasteiger partial charge in [-0.1, -0.05) is 20.8 Å². The normalized spacial score (nSPS) is 18.4. The Kier molecular flexibility index (Phi) is 3.97. The summed E-state index contributed by atoms with van der Waals surface area (Å²) in [6.07, 6.45) is 5.58. The van der Waals surface area contributed by atoms with E-state index in [-0.39, 0.29) is 5.41 Å². The van der Waals surface area contributed by atoms with E-state index >= 15 is 0 Å². The van der Waals surface area contributed by atoms with Gasteiger partial charge in [0.2, 0.25) is 5.91 Å². The van der Waals surface area contributed by atoms with Gasteiger partial charge in [0.15, 0.2) is 0 Å². The first-order chi connectivity index (χ1) is 6.64. The van der Waals surface area contributed by atoms with Crippen LogP contribution in [0.4, 0.5) is 0 Å². The molecule has 0 aromatic heterocycles. The van der Waals surface area contributed by atoms with Crippen LogP contribution in [0.2, 0.25) is 0 Å². The van der Waals surface area contributed by atoms with Gasteiger partial charge in [0, 0.05) is 18.5 Å². The number of hydrogen-bond donors (Lipinski definition) is 0. The van der Waals surface area contributed by atoms with Crippen molar-refractivity contribution in [3.05, 3.63) is 0 Å². The predicted molar refractivity (Wildman–Crippen MR) is 59.1 cm³/mol. The molecule has 0 aromatic rings. The average Bonchev–Trinajstić information content (AvgIpc) is 2.28. The molecule has 1 saturated heterocycles. The molecule has 1 amide bonds. The number of carbonyl (C=O) groups excluding carboxylic acids is 1. The van der Waals surface area contributed by atoms with Crippen molar-refractivity contribution < 1.29 is 4.79 Å². The Bertz CT molecular complexity index is 190. The van der Waals surface area contributed by atoms with E-state index in [2.05, 4.69) is 25.7 Å². The number of likely N-dealkylation sites (tertiary alicyclic amines) is 1. The molecule has 1 heterocycles. The van der Waals surface area contributed by atoms with Crippen LogP contribution in [0.3, 0.4) is 0 Å². The molecule has 2 nitrogen and oxygen atoms in total. The summed E-state index contributed by atoms with van der Waals surface area (Å²) in [6, 6.07) is 0. The van der Waals surface area contributed by atoms with E-state index in [0.717, 1.165) is 25.9 Å². The minimum absolute atomic E-state index is 0.114. The van der Waals surface area contributed by atoms with Gasteiger partial charge in [-0.15, -0.1) is 0 Å². The van der Waals surface area contributed by atoms with Gasteiger partial charge in [0.1, 0.15) is 0 Å². The van der Waals surface area contributed by atoms with Crippen LogP contribution in [-0.4, -0.2) is 23.9 Å². The van der Waals surface area contributed by atoms with Crippen molar-refractivity contribution in [3.63, 3.8) is 0 Å². The quantitative estimate of drug-likeness (QED) is 0.681. The molecule has 2 heteroatoms. The number of carbonyl (C=O) groups is 1. The van der Waals surface area contributed by atoms with Crippen LogP contribution in [0, 0.1) is 5.41 Å². The lowest BCUT2D eigenvalue weighted by Gasteiger charge is -2.35. The second kappa shape index (κ2) is 4.81. The largest absolute Gasteiger partial charge is 0.342 e. The molecule has 0 N–H and O–H groups in total. The van der Waals surface area contributed by atoms with Gasteiger partial charge in [0.05, 0.1) is 0 Å². The van der Waals surface area contributed by atoms with Gasteiger partial charge in [-0.05, 0) is 32.1 Å². The topological polar surface area (TPSA) is 20.3 Å². The minimum atomic E-state index is -0.114. The van der Waals surface area contributed by atoms with Crippen molar-refractivity contribution >= 4 is 5.91 Å². The summed E-state index contributed by atoms with van der Waals surface area (Å²) in [5.41, 5.74) is -0.114. The zero-order valence-electron chi connectivity index (χ0n) is 9.81. The molecule has 1 fully saturated rings. The number of hydrogen-bond acceptors (Lipinski definition) is 1. The highest BCUT2D eigenvalue weighted by Gasteiger charge is 2.33. The monoisotopic (exact) mass is 197 g/mol. The highest BCUT2D eigenvalue weighted by molar-refractivity contribution is 5.82. The number of rotatable bonds is 3. The van der Waals surface area contributed by atoms with Crippen molar-refractivity contribution in [1.82, 2.24) is 4.90 Å². The van der Waals surface area contributed by atoms with E-state index in [1.54, 1.807) is 0 Å². The lowest BCUT2D eigenvalue weighted by Crippen LogP contribution is -2.44.